The second kappa shape index (κ2) is 9.16. The van der Waals surface area contributed by atoms with E-state index in [1.54, 1.807) is 16.8 Å². The van der Waals surface area contributed by atoms with Crippen LogP contribution in [0, 0.1) is 6.92 Å². The number of benzene rings is 2. The van der Waals surface area contributed by atoms with E-state index in [4.69, 9.17) is 5.10 Å². The van der Waals surface area contributed by atoms with Crippen LogP contribution in [-0.4, -0.2) is 28.1 Å². The zero-order valence-electron chi connectivity index (χ0n) is 18.8. The molecule has 2 N–H and O–H groups in total. The lowest BCUT2D eigenvalue weighted by Crippen LogP contribution is -2.33. The summed E-state index contributed by atoms with van der Waals surface area (Å²) in [6, 6.07) is 17.1. The van der Waals surface area contributed by atoms with Crippen molar-refractivity contribution in [3.63, 3.8) is 0 Å². The predicted octanol–water partition coefficient (Wildman–Crippen LogP) is 4.41. The first-order valence-corrected chi connectivity index (χ1v) is 10.5. The van der Waals surface area contributed by atoms with Gasteiger partial charge in [0.1, 0.15) is 5.82 Å². The number of hydrogen-bond donors (Lipinski definition) is 2. The van der Waals surface area contributed by atoms with Crippen LogP contribution in [0.5, 0.6) is 0 Å². The highest BCUT2D eigenvalue weighted by molar-refractivity contribution is 5.99. The van der Waals surface area contributed by atoms with Crippen LogP contribution in [0.1, 0.15) is 54.9 Å². The number of aromatic nitrogens is 2. The third-order valence-electron chi connectivity index (χ3n) is 5.12. The molecule has 3 aromatic rings. The highest BCUT2D eigenvalue weighted by Gasteiger charge is 2.22. The predicted molar refractivity (Wildman–Crippen MR) is 124 cm³/mol. The Kier molecular flexibility index (Phi) is 6.59. The van der Waals surface area contributed by atoms with Gasteiger partial charge in [-0.25, -0.2) is 4.68 Å². The molecule has 31 heavy (non-hydrogen) atoms. The van der Waals surface area contributed by atoms with Gasteiger partial charge in [-0.3, -0.25) is 9.59 Å². The fourth-order valence-electron chi connectivity index (χ4n) is 3.16. The van der Waals surface area contributed by atoms with Gasteiger partial charge >= 0.3 is 0 Å². The second-order valence-corrected chi connectivity index (χ2v) is 8.64. The Bertz CT molecular complexity index is 1080. The highest BCUT2D eigenvalue weighted by Crippen LogP contribution is 2.27. The monoisotopic (exact) mass is 418 g/mol. The maximum atomic E-state index is 12.6. The van der Waals surface area contributed by atoms with E-state index in [0.717, 1.165) is 28.9 Å². The van der Waals surface area contributed by atoms with Crippen molar-refractivity contribution in [1.29, 1.82) is 0 Å². The molecule has 1 aromatic heterocycles. The molecular weight excluding hydrogens is 388 g/mol. The largest absolute Gasteiger partial charge is 0.343 e. The SMILES string of the molecule is CCc1ccc(C(=O)NCC(=O)Nc2cc(C(C)(C)C)nn2-c2ccccc2C)cc1. The number of rotatable bonds is 6. The standard InChI is InChI=1S/C25H30N4O2/c1-6-18-11-13-19(14-12-18)24(31)26-16-23(30)27-22-15-21(25(3,4)5)28-29(22)20-10-8-7-9-17(20)2/h7-15H,6,16H2,1-5H3,(H,26,31)(H,27,30). The van der Waals surface area contributed by atoms with Crippen LogP contribution in [0.4, 0.5) is 5.82 Å². The van der Waals surface area contributed by atoms with Crippen LogP contribution < -0.4 is 10.6 Å². The van der Waals surface area contributed by atoms with Gasteiger partial charge in [-0.05, 0) is 42.7 Å². The summed E-state index contributed by atoms with van der Waals surface area (Å²) >= 11 is 0. The van der Waals surface area contributed by atoms with Gasteiger partial charge in [-0.15, -0.1) is 0 Å². The Morgan fingerprint density at radius 1 is 1.03 bits per heavy atom. The van der Waals surface area contributed by atoms with E-state index in [2.05, 4.69) is 38.3 Å². The van der Waals surface area contributed by atoms with Gasteiger partial charge in [0, 0.05) is 17.0 Å². The molecule has 162 valence electrons. The third kappa shape index (κ3) is 5.40. The lowest BCUT2D eigenvalue weighted by molar-refractivity contribution is -0.115. The molecule has 0 atom stereocenters. The third-order valence-corrected chi connectivity index (χ3v) is 5.12. The van der Waals surface area contributed by atoms with Crippen molar-refractivity contribution in [3.05, 3.63) is 77.0 Å². The van der Waals surface area contributed by atoms with Crippen molar-refractivity contribution in [3.8, 4) is 5.69 Å². The molecule has 6 heteroatoms. The first-order chi connectivity index (χ1) is 14.7. The molecule has 0 bridgehead atoms. The molecule has 0 fully saturated rings. The van der Waals surface area contributed by atoms with Crippen molar-refractivity contribution >= 4 is 17.6 Å². The van der Waals surface area contributed by atoms with Crippen LogP contribution >= 0.6 is 0 Å². The minimum atomic E-state index is -0.311. The van der Waals surface area contributed by atoms with Crippen LogP contribution in [-0.2, 0) is 16.6 Å². The molecular formula is C25H30N4O2. The first-order valence-electron chi connectivity index (χ1n) is 10.5. The van der Waals surface area contributed by atoms with Crippen molar-refractivity contribution in [1.82, 2.24) is 15.1 Å². The summed E-state index contributed by atoms with van der Waals surface area (Å²) in [6.45, 7) is 10.2. The molecule has 3 rings (SSSR count). The maximum Gasteiger partial charge on any atom is 0.251 e. The van der Waals surface area contributed by atoms with E-state index in [1.165, 1.54) is 0 Å². The van der Waals surface area contributed by atoms with Crippen LogP contribution in [0.25, 0.3) is 5.69 Å². The average molecular weight is 419 g/mol. The highest BCUT2D eigenvalue weighted by atomic mass is 16.2. The molecule has 0 spiro atoms. The Hall–Kier alpha value is -3.41. The molecule has 6 nitrogen and oxygen atoms in total. The van der Waals surface area contributed by atoms with Crippen molar-refractivity contribution < 1.29 is 9.59 Å². The Morgan fingerprint density at radius 2 is 1.71 bits per heavy atom. The van der Waals surface area contributed by atoms with Crippen molar-refractivity contribution in [2.24, 2.45) is 0 Å². The molecule has 0 radical (unpaired) electrons. The summed E-state index contributed by atoms with van der Waals surface area (Å²) in [5, 5.41) is 10.3. The van der Waals surface area contributed by atoms with E-state index < -0.39 is 0 Å². The molecule has 0 unspecified atom stereocenters. The molecule has 0 saturated carbocycles. The molecule has 0 aliphatic rings. The van der Waals surface area contributed by atoms with Gasteiger partial charge in [0.15, 0.2) is 0 Å². The minimum absolute atomic E-state index is 0.127. The van der Waals surface area contributed by atoms with E-state index in [-0.39, 0.29) is 23.8 Å². The summed E-state index contributed by atoms with van der Waals surface area (Å²) < 4.78 is 1.75. The number of carbonyl (C=O) groups is 2. The Morgan fingerprint density at radius 3 is 2.32 bits per heavy atom. The normalized spacial score (nSPS) is 11.3. The number of aryl methyl sites for hydroxylation is 2. The van der Waals surface area contributed by atoms with Gasteiger partial charge < -0.3 is 10.6 Å². The van der Waals surface area contributed by atoms with E-state index >= 15 is 0 Å². The summed E-state index contributed by atoms with van der Waals surface area (Å²) in [4.78, 5) is 25.0. The molecule has 0 aliphatic heterocycles. The van der Waals surface area contributed by atoms with Crippen LogP contribution in [0.2, 0.25) is 0 Å². The number of carbonyl (C=O) groups excluding carboxylic acids is 2. The quantitative estimate of drug-likeness (QED) is 0.623. The molecule has 1 heterocycles. The van der Waals surface area contributed by atoms with Gasteiger partial charge in [-0.2, -0.15) is 5.10 Å². The first kappa shape index (κ1) is 22.3. The Labute approximate surface area is 183 Å². The lowest BCUT2D eigenvalue weighted by Gasteiger charge is -2.14. The maximum absolute atomic E-state index is 12.6. The topological polar surface area (TPSA) is 76.0 Å². The lowest BCUT2D eigenvalue weighted by atomic mass is 9.92. The van der Waals surface area contributed by atoms with Crippen molar-refractivity contribution in [2.45, 2.75) is 46.5 Å². The molecule has 0 saturated heterocycles. The number of anilines is 1. The van der Waals surface area contributed by atoms with E-state index in [0.29, 0.717) is 11.4 Å². The second-order valence-electron chi connectivity index (χ2n) is 8.64. The average Bonchev–Trinajstić information content (AvgIpc) is 3.16. The number of nitrogens with zero attached hydrogens (tertiary/aromatic N) is 2. The van der Waals surface area contributed by atoms with Gasteiger partial charge in [0.25, 0.3) is 5.91 Å². The summed E-state index contributed by atoms with van der Waals surface area (Å²) in [6.07, 6.45) is 0.912. The summed E-state index contributed by atoms with van der Waals surface area (Å²) in [7, 11) is 0. The number of amides is 2. The zero-order valence-corrected chi connectivity index (χ0v) is 18.8. The fourth-order valence-corrected chi connectivity index (χ4v) is 3.16. The zero-order chi connectivity index (χ0) is 22.6. The van der Waals surface area contributed by atoms with Crippen LogP contribution in [0.3, 0.4) is 0 Å². The summed E-state index contributed by atoms with van der Waals surface area (Å²) in [5.41, 5.74) is 4.33. The minimum Gasteiger partial charge on any atom is -0.343 e. The summed E-state index contributed by atoms with van der Waals surface area (Å²) in [5.74, 6) is -0.0138. The number of para-hydroxylation sites is 1. The van der Waals surface area contributed by atoms with Crippen LogP contribution in [0.15, 0.2) is 54.6 Å². The smallest absolute Gasteiger partial charge is 0.251 e. The van der Waals surface area contributed by atoms with E-state index in [1.807, 2.05) is 49.4 Å². The molecule has 2 amide bonds. The molecule has 2 aromatic carbocycles. The van der Waals surface area contributed by atoms with Gasteiger partial charge in [0.2, 0.25) is 5.91 Å². The van der Waals surface area contributed by atoms with Gasteiger partial charge in [0.05, 0.1) is 17.9 Å². The molecule has 0 aliphatic carbocycles. The number of hydrogen-bond acceptors (Lipinski definition) is 3. The van der Waals surface area contributed by atoms with E-state index in [9.17, 15) is 9.59 Å². The van der Waals surface area contributed by atoms with Crippen molar-refractivity contribution in [2.75, 3.05) is 11.9 Å². The van der Waals surface area contributed by atoms with Gasteiger partial charge in [-0.1, -0.05) is 58.0 Å². The fraction of sp³-hybridized carbons (Fsp3) is 0.320. The number of nitrogens with one attached hydrogen (secondary N) is 2. The Balaban J connectivity index is 1.75.